The van der Waals surface area contributed by atoms with Crippen molar-refractivity contribution in [2.75, 3.05) is 36.0 Å². The van der Waals surface area contributed by atoms with Crippen molar-refractivity contribution in [2.24, 2.45) is 0 Å². The van der Waals surface area contributed by atoms with Crippen LogP contribution in [-0.2, 0) is 0 Å². The molecule has 2 aliphatic rings. The quantitative estimate of drug-likeness (QED) is 0.762. The summed E-state index contributed by atoms with van der Waals surface area (Å²) in [4.78, 5) is 4.80. The maximum absolute atomic E-state index is 7.90. The summed E-state index contributed by atoms with van der Waals surface area (Å²) >= 11 is 0. The first-order chi connectivity index (χ1) is 6.88. The molecule has 14 heavy (non-hydrogen) atoms. The fraction of sp³-hybridized carbons (Fsp3) is 0.727. The van der Waals surface area contributed by atoms with E-state index >= 15 is 0 Å². The van der Waals surface area contributed by atoms with Gasteiger partial charge in [-0.05, 0) is 25.7 Å². The topological polar surface area (TPSA) is 30.3 Å². The first kappa shape index (κ1) is 8.33. The average Bonchev–Trinajstić information content (AvgIpc) is 2.76. The van der Waals surface area contributed by atoms with Crippen LogP contribution < -0.4 is 15.2 Å². The van der Waals surface area contributed by atoms with E-state index in [1.54, 1.807) is 0 Å². The summed E-state index contributed by atoms with van der Waals surface area (Å²) < 4.78 is 0. The van der Waals surface area contributed by atoms with Crippen LogP contribution in [0, 0.1) is 5.41 Å². The van der Waals surface area contributed by atoms with Gasteiger partial charge < -0.3 is 9.80 Å². The Morgan fingerprint density at radius 3 is 1.43 bits per heavy atom. The Hall–Kier alpha value is -0.990. The van der Waals surface area contributed by atoms with Crippen LogP contribution in [0.1, 0.15) is 25.7 Å². The molecule has 0 amide bonds. The SMILES string of the molecule is N=c1c(N2CCCC2)c1N1CCCC1. The van der Waals surface area contributed by atoms with Gasteiger partial charge in [-0.2, -0.15) is 0 Å². The van der Waals surface area contributed by atoms with Crippen LogP contribution in [0.3, 0.4) is 0 Å². The monoisotopic (exact) mass is 191 g/mol. The van der Waals surface area contributed by atoms with E-state index in [2.05, 4.69) is 9.80 Å². The zero-order valence-corrected chi connectivity index (χ0v) is 8.55. The van der Waals surface area contributed by atoms with E-state index in [4.69, 9.17) is 5.41 Å². The molecule has 76 valence electrons. The molecule has 3 heteroatoms. The number of nitrogens with one attached hydrogen (secondary N) is 1. The Kier molecular flexibility index (Phi) is 1.79. The highest BCUT2D eigenvalue weighted by Crippen LogP contribution is 2.35. The summed E-state index contributed by atoms with van der Waals surface area (Å²) in [5, 5.41) is 8.73. The summed E-state index contributed by atoms with van der Waals surface area (Å²) in [5.41, 5.74) is 2.54. The smallest absolute Gasteiger partial charge is 0.105 e. The van der Waals surface area contributed by atoms with E-state index in [1.807, 2.05) is 0 Å². The predicted molar refractivity (Wildman–Crippen MR) is 57.6 cm³/mol. The van der Waals surface area contributed by atoms with Gasteiger partial charge in [-0.25, -0.2) is 0 Å². The zero-order chi connectivity index (χ0) is 9.54. The molecule has 1 aromatic carbocycles. The molecule has 0 bridgehead atoms. The third kappa shape index (κ3) is 1.15. The largest absolute Gasteiger partial charge is 0.368 e. The van der Waals surface area contributed by atoms with Gasteiger partial charge in [0.2, 0.25) is 0 Å². The van der Waals surface area contributed by atoms with Gasteiger partial charge in [-0.15, -0.1) is 0 Å². The Bertz CT molecular complexity index is 305. The molecule has 0 aliphatic carbocycles. The van der Waals surface area contributed by atoms with E-state index in [0.29, 0.717) is 0 Å². The highest BCUT2D eigenvalue weighted by Gasteiger charge is 2.31. The Labute approximate surface area is 84.5 Å². The van der Waals surface area contributed by atoms with Crippen LogP contribution in [0.4, 0.5) is 11.4 Å². The molecule has 2 saturated heterocycles. The normalized spacial score (nSPS) is 22.9. The number of hydrogen-bond acceptors (Lipinski definition) is 3. The molecule has 3 nitrogen and oxygen atoms in total. The third-order valence-corrected chi connectivity index (χ3v) is 3.48. The lowest BCUT2D eigenvalue weighted by atomic mass is 10.4. The number of nitrogens with zero attached hydrogens (tertiary/aromatic N) is 2. The van der Waals surface area contributed by atoms with Crippen molar-refractivity contribution in [1.82, 2.24) is 0 Å². The summed E-state index contributed by atoms with van der Waals surface area (Å²) in [6.45, 7) is 4.70. The number of rotatable bonds is 2. The molecule has 1 N–H and O–H groups in total. The lowest BCUT2D eigenvalue weighted by Gasteiger charge is -2.15. The van der Waals surface area contributed by atoms with Crippen molar-refractivity contribution < 1.29 is 0 Å². The molecule has 0 aromatic heterocycles. The van der Waals surface area contributed by atoms with Crippen molar-refractivity contribution >= 4 is 11.4 Å². The lowest BCUT2D eigenvalue weighted by molar-refractivity contribution is 0.949. The van der Waals surface area contributed by atoms with E-state index in [9.17, 15) is 0 Å². The van der Waals surface area contributed by atoms with Crippen LogP contribution in [0.15, 0.2) is 0 Å². The maximum Gasteiger partial charge on any atom is 0.105 e. The molecule has 2 fully saturated rings. The minimum absolute atomic E-state index is 0.828. The summed E-state index contributed by atoms with van der Waals surface area (Å²) in [6, 6.07) is 0. The summed E-state index contributed by atoms with van der Waals surface area (Å²) in [6.07, 6.45) is 5.24. The second-order valence-corrected chi connectivity index (χ2v) is 4.46. The Morgan fingerprint density at radius 2 is 1.07 bits per heavy atom. The van der Waals surface area contributed by atoms with Gasteiger partial charge in [0.25, 0.3) is 0 Å². The van der Waals surface area contributed by atoms with Crippen LogP contribution >= 0.6 is 0 Å². The highest BCUT2D eigenvalue weighted by atomic mass is 15.2. The molecular weight excluding hydrogens is 174 g/mol. The first-order valence-corrected chi connectivity index (χ1v) is 5.71. The van der Waals surface area contributed by atoms with Gasteiger partial charge in [0, 0.05) is 26.2 Å². The molecule has 3 rings (SSSR count). The van der Waals surface area contributed by atoms with Gasteiger partial charge in [0.1, 0.15) is 5.36 Å². The van der Waals surface area contributed by atoms with Gasteiger partial charge in [0.15, 0.2) is 0 Å². The third-order valence-electron chi connectivity index (χ3n) is 3.48. The molecule has 2 aliphatic heterocycles. The standard InChI is InChI=1S/C11H17N3/c12-9-10(13-5-1-2-6-13)11(9)14-7-3-4-8-14/h12H,1-8H2. The maximum atomic E-state index is 7.90. The Morgan fingerprint density at radius 1 is 0.714 bits per heavy atom. The van der Waals surface area contributed by atoms with Crippen LogP contribution in [-0.4, -0.2) is 26.2 Å². The second kappa shape index (κ2) is 3.01. The molecule has 0 spiro atoms. The van der Waals surface area contributed by atoms with Crippen LogP contribution in [0.25, 0.3) is 0 Å². The van der Waals surface area contributed by atoms with Crippen molar-refractivity contribution in [3.63, 3.8) is 0 Å². The highest BCUT2D eigenvalue weighted by molar-refractivity contribution is 5.84. The van der Waals surface area contributed by atoms with Gasteiger partial charge in [0.05, 0.1) is 11.4 Å². The van der Waals surface area contributed by atoms with Gasteiger partial charge in [-0.1, -0.05) is 0 Å². The van der Waals surface area contributed by atoms with E-state index in [0.717, 1.165) is 5.36 Å². The fourth-order valence-electron chi connectivity index (χ4n) is 2.67. The van der Waals surface area contributed by atoms with Gasteiger partial charge >= 0.3 is 0 Å². The first-order valence-electron chi connectivity index (χ1n) is 5.71. The van der Waals surface area contributed by atoms with Crippen LogP contribution in [0.2, 0.25) is 0 Å². The van der Waals surface area contributed by atoms with Crippen molar-refractivity contribution in [3.05, 3.63) is 5.36 Å². The number of anilines is 2. The summed E-state index contributed by atoms with van der Waals surface area (Å²) in [5.74, 6) is 0. The second-order valence-electron chi connectivity index (χ2n) is 4.46. The zero-order valence-electron chi connectivity index (χ0n) is 8.55. The molecule has 1 aromatic rings. The fourth-order valence-corrected chi connectivity index (χ4v) is 2.67. The molecule has 0 unspecified atom stereocenters. The average molecular weight is 191 g/mol. The summed E-state index contributed by atoms with van der Waals surface area (Å²) in [7, 11) is 0. The van der Waals surface area contributed by atoms with Crippen molar-refractivity contribution in [3.8, 4) is 0 Å². The molecule has 0 radical (unpaired) electrons. The minimum atomic E-state index is 0.828. The molecule has 0 atom stereocenters. The lowest BCUT2D eigenvalue weighted by Crippen LogP contribution is -2.18. The minimum Gasteiger partial charge on any atom is -0.368 e. The predicted octanol–water partition coefficient (Wildman–Crippen LogP) is 1.24. The van der Waals surface area contributed by atoms with Crippen molar-refractivity contribution in [1.29, 1.82) is 5.41 Å². The molecule has 2 heterocycles. The Balaban J connectivity index is 1.77. The molecular formula is C11H17N3. The van der Waals surface area contributed by atoms with E-state index in [1.165, 1.54) is 63.2 Å². The van der Waals surface area contributed by atoms with Crippen molar-refractivity contribution in [2.45, 2.75) is 25.7 Å². The number of hydrogen-bond donors (Lipinski definition) is 1. The molecule has 0 saturated carbocycles. The van der Waals surface area contributed by atoms with Gasteiger partial charge in [-0.3, -0.25) is 5.41 Å². The van der Waals surface area contributed by atoms with Crippen LogP contribution in [0.5, 0.6) is 0 Å². The van der Waals surface area contributed by atoms with E-state index in [-0.39, 0.29) is 0 Å². The van der Waals surface area contributed by atoms with E-state index < -0.39 is 0 Å².